The minimum absolute atomic E-state index is 0.121. The van der Waals surface area contributed by atoms with Crippen LogP contribution >= 0.6 is 0 Å². The number of benzene rings is 5. The molecule has 5 aromatic carbocycles. The van der Waals surface area contributed by atoms with Gasteiger partial charge in [-0.05, 0) is 27.8 Å². The van der Waals surface area contributed by atoms with E-state index in [2.05, 4.69) is 0 Å². The van der Waals surface area contributed by atoms with Gasteiger partial charge < -0.3 is 52.8 Å². The Morgan fingerprint density at radius 1 is 0.441 bits per heavy atom. The van der Waals surface area contributed by atoms with Crippen molar-refractivity contribution in [1.82, 2.24) is 0 Å². The maximum Gasteiger partial charge on any atom is 0.187 e. The van der Waals surface area contributed by atoms with Crippen LogP contribution in [-0.4, -0.2) is 91.9 Å². The number of ether oxygens (including phenoxy) is 9. The van der Waals surface area contributed by atoms with Crippen LogP contribution in [0.25, 0.3) is 0 Å². The summed E-state index contributed by atoms with van der Waals surface area (Å²) in [6, 6.07) is 49.2. The highest BCUT2D eigenvalue weighted by Gasteiger charge is 2.54. The van der Waals surface area contributed by atoms with E-state index in [4.69, 9.17) is 42.6 Å². The molecule has 0 saturated carbocycles. The van der Waals surface area contributed by atoms with E-state index in [1.807, 2.05) is 152 Å². The molecule has 11 heteroatoms. The Labute approximate surface area is 346 Å². The van der Waals surface area contributed by atoms with E-state index in [9.17, 15) is 10.2 Å². The second-order valence-electron chi connectivity index (χ2n) is 14.6. The Bertz CT molecular complexity index is 1890. The Morgan fingerprint density at radius 2 is 0.831 bits per heavy atom. The summed E-state index contributed by atoms with van der Waals surface area (Å²) in [5, 5.41) is 21.9. The summed E-state index contributed by atoms with van der Waals surface area (Å²) in [5.41, 5.74) is 4.77. The first kappa shape index (κ1) is 42.8. The van der Waals surface area contributed by atoms with E-state index >= 15 is 0 Å². The average Bonchev–Trinajstić information content (AvgIpc) is 3.29. The fourth-order valence-electron chi connectivity index (χ4n) is 7.44. The molecule has 2 fully saturated rings. The zero-order valence-electron chi connectivity index (χ0n) is 33.2. The molecule has 2 aliphatic heterocycles. The van der Waals surface area contributed by atoms with Crippen molar-refractivity contribution in [1.29, 1.82) is 0 Å². The van der Waals surface area contributed by atoms with E-state index in [-0.39, 0.29) is 33.0 Å². The third kappa shape index (κ3) is 11.9. The molecule has 0 spiro atoms. The van der Waals surface area contributed by atoms with Gasteiger partial charge in [0.2, 0.25) is 0 Å². The number of rotatable bonds is 20. The lowest BCUT2D eigenvalue weighted by atomic mass is 9.96. The summed E-state index contributed by atoms with van der Waals surface area (Å²) >= 11 is 0. The molecule has 0 unspecified atom stereocenters. The molecule has 0 bridgehead atoms. The third-order valence-electron chi connectivity index (χ3n) is 10.5. The van der Waals surface area contributed by atoms with Crippen LogP contribution in [0, 0.1) is 0 Å². The van der Waals surface area contributed by atoms with E-state index in [0.717, 1.165) is 27.8 Å². The van der Waals surface area contributed by atoms with Gasteiger partial charge in [0, 0.05) is 7.11 Å². The van der Waals surface area contributed by atoms with Gasteiger partial charge in [0.25, 0.3) is 0 Å². The van der Waals surface area contributed by atoms with Crippen molar-refractivity contribution in [2.45, 2.75) is 94.4 Å². The summed E-state index contributed by atoms with van der Waals surface area (Å²) in [6.45, 7) is 0.949. The fraction of sp³-hybridized carbons (Fsp3) is 0.375. The zero-order valence-corrected chi connectivity index (χ0v) is 33.2. The van der Waals surface area contributed by atoms with Gasteiger partial charge >= 0.3 is 0 Å². The Hall–Kier alpha value is -4.34. The predicted octanol–water partition coefficient (Wildman–Crippen LogP) is 6.38. The van der Waals surface area contributed by atoms with Crippen LogP contribution in [0.4, 0.5) is 0 Å². The normalized spacial score (nSPS) is 27.0. The molecule has 7 rings (SSSR count). The first-order chi connectivity index (χ1) is 29.1. The largest absolute Gasteiger partial charge is 0.394 e. The Kier molecular flexibility index (Phi) is 16.2. The minimum Gasteiger partial charge on any atom is -0.394 e. The van der Waals surface area contributed by atoms with Gasteiger partial charge in [-0.2, -0.15) is 0 Å². The van der Waals surface area contributed by atoms with Crippen LogP contribution < -0.4 is 0 Å². The molecule has 0 aliphatic carbocycles. The van der Waals surface area contributed by atoms with Crippen LogP contribution in [0.3, 0.4) is 0 Å². The van der Waals surface area contributed by atoms with Crippen LogP contribution in [0.5, 0.6) is 0 Å². The van der Waals surface area contributed by atoms with Gasteiger partial charge in [-0.1, -0.05) is 152 Å². The molecule has 2 aliphatic rings. The molecule has 0 aromatic heterocycles. The Balaban J connectivity index is 1.24. The molecular formula is C48H54O11. The molecule has 2 heterocycles. The molecule has 2 saturated heterocycles. The average molecular weight is 807 g/mol. The molecule has 0 amide bonds. The maximum atomic E-state index is 11.6. The number of methoxy groups -OCH3 is 1. The number of aliphatic hydroxyl groups excluding tert-OH is 2. The van der Waals surface area contributed by atoms with E-state index < -0.39 is 68.0 Å². The molecule has 59 heavy (non-hydrogen) atoms. The summed E-state index contributed by atoms with van der Waals surface area (Å²) in [5.74, 6) is 0. The van der Waals surface area contributed by atoms with E-state index in [1.54, 1.807) is 0 Å². The van der Waals surface area contributed by atoms with Gasteiger partial charge in [-0.15, -0.1) is 0 Å². The first-order valence-electron chi connectivity index (χ1n) is 20.1. The standard InChI is InChI=1S/C48H54O11/c1-51-41-39(27-49)57-47(50)45(43(41)54-30-36-21-11-4-12-22-36)59-48-46(56-32-38-25-15-6-16-26-38)44(55-31-37-23-13-5-14-24-37)42(53-29-35-19-9-3-10-20-35)40(58-48)33-52-28-34-17-7-2-8-18-34/h2-26,39-50H,27-33H2,1H3/t39-,40-,41-,42-,43+,44+,45-,46-,47+,48-/m1/s1. The molecule has 11 nitrogen and oxygen atoms in total. The highest BCUT2D eigenvalue weighted by molar-refractivity contribution is 5.17. The summed E-state index contributed by atoms with van der Waals surface area (Å²) < 4.78 is 58.9. The monoisotopic (exact) mass is 806 g/mol. The third-order valence-corrected chi connectivity index (χ3v) is 10.5. The van der Waals surface area contributed by atoms with Crippen molar-refractivity contribution in [3.63, 3.8) is 0 Å². The van der Waals surface area contributed by atoms with E-state index in [0.29, 0.717) is 6.61 Å². The second-order valence-corrected chi connectivity index (χ2v) is 14.6. The van der Waals surface area contributed by atoms with Crippen molar-refractivity contribution in [3.8, 4) is 0 Å². The van der Waals surface area contributed by atoms with Gasteiger partial charge in [-0.25, -0.2) is 0 Å². The molecule has 5 aromatic rings. The molecule has 312 valence electrons. The van der Waals surface area contributed by atoms with Crippen LogP contribution in [0.2, 0.25) is 0 Å². The number of hydrogen-bond donors (Lipinski definition) is 2. The zero-order chi connectivity index (χ0) is 40.7. The quantitative estimate of drug-likeness (QED) is 0.0912. The van der Waals surface area contributed by atoms with Crippen LogP contribution in [0.1, 0.15) is 27.8 Å². The number of hydrogen-bond acceptors (Lipinski definition) is 11. The van der Waals surface area contributed by atoms with Gasteiger partial charge in [0.15, 0.2) is 12.6 Å². The summed E-state index contributed by atoms with van der Waals surface area (Å²) in [7, 11) is 1.51. The fourth-order valence-corrected chi connectivity index (χ4v) is 7.44. The topological polar surface area (TPSA) is 124 Å². The highest BCUT2D eigenvalue weighted by Crippen LogP contribution is 2.35. The minimum atomic E-state index is -1.53. The predicted molar refractivity (Wildman–Crippen MR) is 218 cm³/mol. The summed E-state index contributed by atoms with van der Waals surface area (Å²) in [4.78, 5) is 0. The van der Waals surface area contributed by atoms with Gasteiger partial charge in [-0.3, -0.25) is 0 Å². The number of aliphatic hydroxyl groups is 2. The lowest BCUT2D eigenvalue weighted by Crippen LogP contribution is -2.66. The molecule has 10 atom stereocenters. The Morgan fingerprint density at radius 3 is 1.25 bits per heavy atom. The molecular weight excluding hydrogens is 753 g/mol. The summed E-state index contributed by atoms with van der Waals surface area (Å²) in [6.07, 6.45) is -9.51. The molecule has 0 radical (unpaired) electrons. The smallest absolute Gasteiger partial charge is 0.187 e. The maximum absolute atomic E-state index is 11.6. The lowest BCUT2D eigenvalue weighted by Gasteiger charge is -2.49. The van der Waals surface area contributed by atoms with Gasteiger partial charge in [0.05, 0.1) is 46.2 Å². The van der Waals surface area contributed by atoms with Gasteiger partial charge in [0.1, 0.15) is 48.8 Å². The SMILES string of the molecule is CO[C@H]1[C@H](OCc2ccccc2)[C@@H](O[C@H]2O[C@H](COCc3ccccc3)[C@@H](OCc3ccccc3)[C@H](OCc3ccccc3)[C@H]2OCc2ccccc2)[C@@H](O)O[C@@H]1CO. The van der Waals surface area contributed by atoms with Crippen LogP contribution in [0.15, 0.2) is 152 Å². The van der Waals surface area contributed by atoms with Crippen molar-refractivity contribution in [2.24, 2.45) is 0 Å². The first-order valence-corrected chi connectivity index (χ1v) is 20.1. The second kappa shape index (κ2) is 22.3. The van der Waals surface area contributed by atoms with Crippen molar-refractivity contribution in [3.05, 3.63) is 179 Å². The van der Waals surface area contributed by atoms with Crippen molar-refractivity contribution < 1.29 is 52.8 Å². The van der Waals surface area contributed by atoms with E-state index in [1.165, 1.54) is 7.11 Å². The molecule has 2 N–H and O–H groups in total. The van der Waals surface area contributed by atoms with Crippen LogP contribution in [-0.2, 0) is 75.7 Å². The highest BCUT2D eigenvalue weighted by atomic mass is 16.8. The van der Waals surface area contributed by atoms with Crippen molar-refractivity contribution in [2.75, 3.05) is 20.3 Å². The van der Waals surface area contributed by atoms with Crippen molar-refractivity contribution >= 4 is 0 Å². The lowest BCUT2D eigenvalue weighted by molar-refractivity contribution is -0.377.